The van der Waals surface area contributed by atoms with Gasteiger partial charge in [-0.05, 0) is 19.1 Å². The van der Waals surface area contributed by atoms with E-state index in [4.69, 9.17) is 10.2 Å². The topological polar surface area (TPSA) is 109 Å². The highest BCUT2D eigenvalue weighted by Gasteiger charge is 2.21. The van der Waals surface area contributed by atoms with Crippen molar-refractivity contribution in [1.82, 2.24) is 4.57 Å². The first kappa shape index (κ1) is 16.5. The van der Waals surface area contributed by atoms with E-state index in [9.17, 15) is 14.4 Å². The molecule has 2 rings (SSSR count). The second kappa shape index (κ2) is 6.93. The van der Waals surface area contributed by atoms with Gasteiger partial charge < -0.3 is 15.5 Å². The van der Waals surface area contributed by atoms with E-state index < -0.39 is 23.1 Å². The summed E-state index contributed by atoms with van der Waals surface area (Å²) in [7, 11) is 0. The van der Waals surface area contributed by atoms with Crippen LogP contribution in [-0.4, -0.2) is 26.7 Å². The highest BCUT2D eigenvalue weighted by molar-refractivity contribution is 7.07. The van der Waals surface area contributed by atoms with Gasteiger partial charge in [0.2, 0.25) is 0 Å². The highest BCUT2D eigenvalue weighted by atomic mass is 32.1. The van der Waals surface area contributed by atoms with Gasteiger partial charge in [-0.25, -0.2) is 9.59 Å². The average molecular weight is 334 g/mol. The fraction of sp³-hybridized carbons (Fsp3) is 0.133. The van der Waals surface area contributed by atoms with Crippen molar-refractivity contribution in [3.05, 3.63) is 49.9 Å². The maximum absolute atomic E-state index is 12.3. The quantitative estimate of drug-likeness (QED) is 0.669. The Bertz CT molecular complexity index is 896. The van der Waals surface area contributed by atoms with Gasteiger partial charge >= 0.3 is 11.9 Å². The second-order valence-corrected chi connectivity index (χ2v) is 5.49. The minimum absolute atomic E-state index is 0.0846. The zero-order valence-corrected chi connectivity index (χ0v) is 13.0. The second-order valence-electron chi connectivity index (χ2n) is 4.46. The third-order valence-corrected chi connectivity index (χ3v) is 4.14. The number of para-hydroxylation sites is 1. The fourth-order valence-corrected chi connectivity index (χ4v) is 3.07. The van der Waals surface area contributed by atoms with E-state index >= 15 is 0 Å². The van der Waals surface area contributed by atoms with Gasteiger partial charge in [0.1, 0.15) is 9.20 Å². The molecule has 1 aromatic carbocycles. The number of anilines is 1. The Kier molecular flexibility index (Phi) is 4.97. The van der Waals surface area contributed by atoms with E-state index in [1.807, 2.05) is 18.2 Å². The van der Waals surface area contributed by atoms with Crippen molar-refractivity contribution in [2.75, 3.05) is 5.32 Å². The van der Waals surface area contributed by atoms with Crippen molar-refractivity contribution in [2.24, 2.45) is 0 Å². The lowest BCUT2D eigenvalue weighted by Gasteiger charge is -1.98. The van der Waals surface area contributed by atoms with Gasteiger partial charge in [-0.3, -0.25) is 9.36 Å². The number of aliphatic carboxylic acids is 2. The summed E-state index contributed by atoms with van der Waals surface area (Å²) in [5.41, 5.74) is -0.491. The summed E-state index contributed by atoms with van der Waals surface area (Å²) in [6.07, 6.45) is 1.44. The molecule has 0 aliphatic heterocycles. The van der Waals surface area contributed by atoms with Crippen LogP contribution < -0.4 is 20.1 Å². The number of hydrogen-bond donors (Lipinski definition) is 3. The molecule has 7 nitrogen and oxygen atoms in total. The molecule has 0 unspecified atom stereocenters. The summed E-state index contributed by atoms with van der Waals surface area (Å²) in [6.45, 7) is 1.82. The molecule has 120 valence electrons. The van der Waals surface area contributed by atoms with E-state index in [2.05, 4.69) is 5.32 Å². The smallest absolute Gasteiger partial charge is 0.346 e. The van der Waals surface area contributed by atoms with Gasteiger partial charge in [-0.15, -0.1) is 11.3 Å². The molecule has 0 atom stereocenters. The van der Waals surface area contributed by atoms with Crippen LogP contribution in [0.5, 0.6) is 0 Å². The van der Waals surface area contributed by atoms with E-state index in [1.165, 1.54) is 6.20 Å². The maximum atomic E-state index is 12.3. The predicted octanol–water partition coefficient (Wildman–Crippen LogP) is 0.0997. The van der Waals surface area contributed by atoms with E-state index in [1.54, 1.807) is 19.1 Å². The van der Waals surface area contributed by atoms with Crippen molar-refractivity contribution >= 4 is 40.7 Å². The number of nitrogens with zero attached hydrogens (tertiary/aromatic N) is 1. The van der Waals surface area contributed by atoms with Crippen molar-refractivity contribution in [3.63, 3.8) is 0 Å². The third kappa shape index (κ3) is 3.49. The van der Waals surface area contributed by atoms with Crippen molar-refractivity contribution in [1.29, 1.82) is 0 Å². The number of hydrogen-bond acceptors (Lipinski definition) is 5. The minimum Gasteiger partial charge on any atom is -0.477 e. The van der Waals surface area contributed by atoms with Gasteiger partial charge in [0.25, 0.3) is 5.56 Å². The number of carbonyl (C=O) groups is 2. The fourth-order valence-electron chi connectivity index (χ4n) is 1.95. The zero-order valence-electron chi connectivity index (χ0n) is 12.1. The van der Waals surface area contributed by atoms with Crippen LogP contribution in [0.4, 0.5) is 5.69 Å². The predicted molar refractivity (Wildman–Crippen MR) is 86.7 cm³/mol. The summed E-state index contributed by atoms with van der Waals surface area (Å²) in [5, 5.41) is 21.1. The molecule has 0 aliphatic rings. The van der Waals surface area contributed by atoms with Gasteiger partial charge in [-0.1, -0.05) is 18.2 Å². The first-order valence-electron chi connectivity index (χ1n) is 6.68. The van der Waals surface area contributed by atoms with Crippen LogP contribution in [0.3, 0.4) is 0 Å². The molecule has 0 aliphatic carbocycles. The number of benzene rings is 1. The molecule has 0 saturated carbocycles. The Morgan fingerprint density at radius 3 is 2.35 bits per heavy atom. The Labute approximate surface area is 134 Å². The number of rotatable bonds is 5. The normalized spacial score (nSPS) is 11.3. The number of thiazole rings is 1. The number of nitrogens with one attached hydrogen (secondary N) is 1. The highest BCUT2D eigenvalue weighted by Crippen LogP contribution is 2.04. The molecule has 8 heteroatoms. The summed E-state index contributed by atoms with van der Waals surface area (Å²) in [4.78, 5) is 34.6. The molecule has 0 bridgehead atoms. The van der Waals surface area contributed by atoms with Crippen molar-refractivity contribution < 1.29 is 19.8 Å². The lowest BCUT2D eigenvalue weighted by molar-refractivity contribution is -0.136. The van der Waals surface area contributed by atoms with Crippen molar-refractivity contribution in [3.8, 4) is 0 Å². The molecule has 3 N–H and O–H groups in total. The SMILES string of the molecule is CCn1c(=C(C(=O)O)C(=O)O)sc(=CNc2ccccc2)c1=O. The molecule has 2 aromatic rings. The van der Waals surface area contributed by atoms with Crippen molar-refractivity contribution in [2.45, 2.75) is 13.5 Å². The largest absolute Gasteiger partial charge is 0.477 e. The van der Waals surface area contributed by atoms with Crippen LogP contribution in [0.15, 0.2) is 35.1 Å². The monoisotopic (exact) mass is 334 g/mol. The lowest BCUT2D eigenvalue weighted by Crippen LogP contribution is -2.33. The number of carboxylic acids is 2. The van der Waals surface area contributed by atoms with Crippen LogP contribution in [0.25, 0.3) is 11.8 Å². The summed E-state index contributed by atoms with van der Waals surface area (Å²) < 4.78 is 1.28. The molecule has 1 aromatic heterocycles. The molecule has 1 heterocycles. The summed E-state index contributed by atoms with van der Waals surface area (Å²) in [6, 6.07) is 9.09. The van der Waals surface area contributed by atoms with Gasteiger partial charge in [0.15, 0.2) is 5.57 Å². The first-order chi connectivity index (χ1) is 11.0. The zero-order chi connectivity index (χ0) is 17.0. The van der Waals surface area contributed by atoms with E-state index in [-0.39, 0.29) is 15.7 Å². The molecular formula is C15H14N2O5S. The Morgan fingerprint density at radius 2 is 1.83 bits per heavy atom. The van der Waals surface area contributed by atoms with Crippen LogP contribution >= 0.6 is 11.3 Å². The van der Waals surface area contributed by atoms with Gasteiger partial charge in [0.05, 0.1) is 0 Å². The Balaban J connectivity index is 2.65. The standard InChI is InChI=1S/C15H14N2O5S/c1-2-17-12(18)10(8-16-9-6-4-3-5-7-9)23-13(17)11(14(19)20)15(21)22/h3-8,16H,2H2,1H3,(H,19,20)(H,21,22). The summed E-state index contributed by atoms with van der Waals surface area (Å²) in [5.74, 6) is -3.16. The minimum atomic E-state index is -1.58. The van der Waals surface area contributed by atoms with Gasteiger partial charge in [-0.2, -0.15) is 0 Å². The van der Waals surface area contributed by atoms with Gasteiger partial charge in [0, 0.05) is 18.4 Å². The number of carboxylic acid groups (broad SMARTS) is 2. The molecule has 0 spiro atoms. The van der Waals surface area contributed by atoms with E-state index in [0.717, 1.165) is 21.6 Å². The molecule has 0 radical (unpaired) electrons. The molecular weight excluding hydrogens is 320 g/mol. The first-order valence-corrected chi connectivity index (χ1v) is 7.49. The van der Waals surface area contributed by atoms with Crippen LogP contribution in [0, 0.1) is 0 Å². The molecule has 0 fully saturated rings. The van der Waals surface area contributed by atoms with E-state index in [0.29, 0.717) is 0 Å². The average Bonchev–Trinajstić information content (AvgIpc) is 2.81. The van der Waals surface area contributed by atoms with Crippen LogP contribution in [0.1, 0.15) is 6.92 Å². The van der Waals surface area contributed by atoms with Crippen LogP contribution in [-0.2, 0) is 16.1 Å². The Morgan fingerprint density at radius 1 is 1.22 bits per heavy atom. The molecule has 0 amide bonds. The maximum Gasteiger partial charge on any atom is 0.346 e. The third-order valence-electron chi connectivity index (χ3n) is 3.01. The molecule has 23 heavy (non-hydrogen) atoms. The summed E-state index contributed by atoms with van der Waals surface area (Å²) >= 11 is 0.828. The lowest BCUT2D eigenvalue weighted by atomic mass is 10.3. The Hall–Kier alpha value is -2.87. The number of aromatic nitrogens is 1. The molecule has 0 saturated heterocycles. The van der Waals surface area contributed by atoms with Crippen LogP contribution in [0.2, 0.25) is 0 Å².